The zero-order valence-corrected chi connectivity index (χ0v) is 38.1. The number of ether oxygens (including phenoxy) is 3. The number of unbranched alkanes of at least 4 members (excludes halogenated alkanes) is 18. The van der Waals surface area contributed by atoms with Gasteiger partial charge in [-0.05, 0) is 19.3 Å². The van der Waals surface area contributed by atoms with E-state index < -0.39 is 73.7 Å². The van der Waals surface area contributed by atoms with Gasteiger partial charge in [0.25, 0.3) is 0 Å². The number of amides is 2. The average Bonchev–Trinajstić information content (AvgIpc) is 3.72. The molecule has 0 bridgehead atoms. The number of nitrogens with one attached hydrogen (secondary N) is 2. The molecule has 1 aliphatic rings. The highest BCUT2D eigenvalue weighted by atomic mass is 16.7. The maximum absolute atomic E-state index is 14.0. The van der Waals surface area contributed by atoms with E-state index in [1.807, 2.05) is 0 Å². The molecule has 0 aliphatic carbocycles. The van der Waals surface area contributed by atoms with Crippen molar-refractivity contribution >= 4 is 23.8 Å². The molecule has 18 nitrogen and oxygen atoms in total. The van der Waals surface area contributed by atoms with E-state index in [1.165, 1.54) is 81.7 Å². The van der Waals surface area contributed by atoms with Crippen LogP contribution in [0.5, 0.6) is 0 Å². The van der Waals surface area contributed by atoms with Crippen LogP contribution in [0.3, 0.4) is 0 Å². The van der Waals surface area contributed by atoms with Crippen molar-refractivity contribution in [2.45, 2.75) is 224 Å². The van der Waals surface area contributed by atoms with Crippen LogP contribution in [0.1, 0.15) is 174 Å². The van der Waals surface area contributed by atoms with Gasteiger partial charge in [-0.2, -0.15) is 0 Å². The van der Waals surface area contributed by atoms with Gasteiger partial charge in [0, 0.05) is 12.3 Å². The summed E-state index contributed by atoms with van der Waals surface area (Å²) in [4.78, 5) is 50.8. The van der Waals surface area contributed by atoms with Crippen LogP contribution in [0, 0.1) is 5.92 Å². The Morgan fingerprint density at radius 3 is 1.75 bits per heavy atom. The number of aliphatic carboxylic acids is 2. The van der Waals surface area contributed by atoms with Gasteiger partial charge < -0.3 is 55.5 Å². The summed E-state index contributed by atoms with van der Waals surface area (Å²) in [6, 6.07) is -2.78. The van der Waals surface area contributed by atoms with E-state index >= 15 is 0 Å². The summed E-state index contributed by atoms with van der Waals surface area (Å²) in [7, 11) is 0. The molecule has 1 fully saturated rings. The van der Waals surface area contributed by atoms with Crippen molar-refractivity contribution in [2.24, 2.45) is 5.92 Å². The lowest BCUT2D eigenvalue weighted by Crippen LogP contribution is -2.59. The molecule has 18 heteroatoms. The van der Waals surface area contributed by atoms with E-state index in [0.29, 0.717) is 18.5 Å². The van der Waals surface area contributed by atoms with Gasteiger partial charge in [-0.25, -0.2) is 9.48 Å². The summed E-state index contributed by atoms with van der Waals surface area (Å²) in [6.07, 6.45) is 18.3. The second kappa shape index (κ2) is 34.1. The molecule has 2 rings (SSSR count). The zero-order valence-electron chi connectivity index (χ0n) is 38.1. The van der Waals surface area contributed by atoms with Crippen molar-refractivity contribution < 1.29 is 64.0 Å². The van der Waals surface area contributed by atoms with Gasteiger partial charge in [-0.3, -0.25) is 14.4 Å². The van der Waals surface area contributed by atoms with Crippen LogP contribution in [0.25, 0.3) is 0 Å². The number of carbonyl (C=O) groups is 4. The normalized spacial score (nSPS) is 19.8. The standard InChI is InChI=1S/C45H81N5O13/c1-3-5-7-9-11-13-15-17-19-21-23-33(24-22-20-18-16-14-12-10-8-6-4-2)42(57)47-36(43(58)46-35(44(59)60)25-26-38(52)53)32-61-31-34-29-50(49-48-34)27-28-62-45-41(56)40(55)39(54)37(30-51)63-45/h29,33,35-37,39-41,45,51,54-56H,3-28,30-32H2,1-2H3,(H,46,58)(H,47,57)(H,52,53)(H,59,60)/t35-,36+,37?,39?,40?,41?,45?/m1/s1. The molecule has 0 aromatic carbocycles. The van der Waals surface area contributed by atoms with E-state index in [4.69, 9.17) is 19.3 Å². The average molecular weight is 900 g/mol. The Morgan fingerprint density at radius 1 is 0.714 bits per heavy atom. The highest BCUT2D eigenvalue weighted by molar-refractivity contribution is 5.91. The van der Waals surface area contributed by atoms with Crippen LogP contribution in [-0.4, -0.2) is 132 Å². The minimum Gasteiger partial charge on any atom is -0.481 e. The number of carboxylic acid groups (broad SMARTS) is 2. The van der Waals surface area contributed by atoms with Gasteiger partial charge in [-0.1, -0.05) is 147 Å². The quantitative estimate of drug-likeness (QED) is 0.0414. The summed E-state index contributed by atoms with van der Waals surface area (Å²) in [5, 5.41) is 71.8. The number of aliphatic hydroxyl groups excluding tert-OH is 4. The SMILES string of the molecule is CCCCCCCCCCCCC(CCCCCCCCCCCC)C(=O)N[C@@H](COCc1cn(CCOC2OC(CO)C(O)C(O)C2O)nn1)C(=O)N[C@H](CCC(=O)O)C(=O)O. The van der Waals surface area contributed by atoms with Crippen LogP contribution in [0.15, 0.2) is 6.20 Å². The van der Waals surface area contributed by atoms with Crippen LogP contribution in [-0.2, 0) is 46.5 Å². The van der Waals surface area contributed by atoms with Gasteiger partial charge in [-0.15, -0.1) is 5.10 Å². The van der Waals surface area contributed by atoms with Crippen LogP contribution in [0.4, 0.5) is 0 Å². The summed E-state index contributed by atoms with van der Waals surface area (Å²) in [5.41, 5.74) is 0.359. The van der Waals surface area contributed by atoms with E-state index in [2.05, 4.69) is 34.8 Å². The molecule has 7 atom stereocenters. The number of carbonyl (C=O) groups excluding carboxylic acids is 2. The minimum absolute atomic E-state index is 0.0489. The third-order valence-electron chi connectivity index (χ3n) is 11.6. The Labute approximate surface area is 374 Å². The molecular formula is C45H81N5O13. The molecule has 8 N–H and O–H groups in total. The number of nitrogens with zero attached hydrogens (tertiary/aromatic N) is 3. The highest BCUT2D eigenvalue weighted by Crippen LogP contribution is 2.23. The Balaban J connectivity index is 2.05. The largest absolute Gasteiger partial charge is 0.481 e. The first kappa shape index (κ1) is 55.9. The second-order valence-corrected chi connectivity index (χ2v) is 17.1. The van der Waals surface area contributed by atoms with E-state index in [1.54, 1.807) is 6.20 Å². The smallest absolute Gasteiger partial charge is 0.326 e. The fourth-order valence-electron chi connectivity index (χ4n) is 7.70. The fraction of sp³-hybridized carbons (Fsp3) is 0.867. The topological polar surface area (TPSA) is 272 Å². The first-order valence-electron chi connectivity index (χ1n) is 23.9. The molecule has 2 amide bonds. The maximum Gasteiger partial charge on any atom is 0.326 e. The van der Waals surface area contributed by atoms with Gasteiger partial charge >= 0.3 is 11.9 Å². The number of carboxylic acids is 2. The molecule has 2 heterocycles. The maximum atomic E-state index is 14.0. The number of hydrogen-bond acceptors (Lipinski definition) is 13. The fourth-order valence-corrected chi connectivity index (χ4v) is 7.70. The highest BCUT2D eigenvalue weighted by Gasteiger charge is 2.44. The Morgan fingerprint density at radius 2 is 1.24 bits per heavy atom. The molecular weight excluding hydrogens is 819 g/mol. The first-order chi connectivity index (χ1) is 30.4. The Bertz CT molecular complexity index is 1360. The Kier molecular flexibility index (Phi) is 30.3. The third-order valence-corrected chi connectivity index (χ3v) is 11.6. The van der Waals surface area contributed by atoms with Crippen molar-refractivity contribution in [3.63, 3.8) is 0 Å². The summed E-state index contributed by atoms with van der Waals surface area (Å²) in [5.74, 6) is -4.09. The number of aliphatic hydroxyl groups is 4. The minimum atomic E-state index is -1.58. The molecule has 1 aromatic rings. The van der Waals surface area contributed by atoms with Crippen molar-refractivity contribution in [1.29, 1.82) is 0 Å². The zero-order chi connectivity index (χ0) is 46.2. The van der Waals surface area contributed by atoms with Crippen LogP contribution >= 0.6 is 0 Å². The van der Waals surface area contributed by atoms with Gasteiger partial charge in [0.2, 0.25) is 11.8 Å². The molecule has 5 unspecified atom stereocenters. The molecule has 1 aliphatic heterocycles. The van der Waals surface area contributed by atoms with Crippen molar-refractivity contribution in [3.05, 3.63) is 11.9 Å². The van der Waals surface area contributed by atoms with Crippen LogP contribution in [0.2, 0.25) is 0 Å². The van der Waals surface area contributed by atoms with E-state index in [0.717, 1.165) is 51.4 Å². The first-order valence-corrected chi connectivity index (χ1v) is 23.9. The summed E-state index contributed by atoms with van der Waals surface area (Å²) < 4.78 is 18.1. The lowest BCUT2D eigenvalue weighted by Gasteiger charge is -2.39. The molecule has 0 radical (unpaired) electrons. The van der Waals surface area contributed by atoms with Crippen molar-refractivity contribution in [3.8, 4) is 0 Å². The van der Waals surface area contributed by atoms with Gasteiger partial charge in [0.15, 0.2) is 6.29 Å². The molecule has 364 valence electrons. The van der Waals surface area contributed by atoms with Crippen molar-refractivity contribution in [1.82, 2.24) is 25.6 Å². The summed E-state index contributed by atoms with van der Waals surface area (Å²) in [6.45, 7) is 3.46. The summed E-state index contributed by atoms with van der Waals surface area (Å²) >= 11 is 0. The molecule has 0 spiro atoms. The lowest BCUT2D eigenvalue weighted by molar-refractivity contribution is -0.301. The lowest BCUT2D eigenvalue weighted by atomic mass is 9.93. The van der Waals surface area contributed by atoms with Crippen molar-refractivity contribution in [2.75, 3.05) is 19.8 Å². The second-order valence-electron chi connectivity index (χ2n) is 17.1. The molecule has 0 saturated carbocycles. The molecule has 1 aromatic heterocycles. The third kappa shape index (κ3) is 24.0. The monoisotopic (exact) mass is 900 g/mol. The predicted molar refractivity (Wildman–Crippen MR) is 234 cm³/mol. The van der Waals surface area contributed by atoms with Crippen LogP contribution < -0.4 is 10.6 Å². The number of hydrogen-bond donors (Lipinski definition) is 8. The number of rotatable bonds is 39. The predicted octanol–water partition coefficient (Wildman–Crippen LogP) is 4.77. The van der Waals surface area contributed by atoms with Gasteiger partial charge in [0.1, 0.15) is 42.2 Å². The van der Waals surface area contributed by atoms with E-state index in [9.17, 15) is 44.7 Å². The van der Waals surface area contributed by atoms with E-state index in [-0.39, 0.29) is 44.6 Å². The Hall–Kier alpha value is -3.26. The number of aromatic nitrogens is 3. The molecule has 63 heavy (non-hydrogen) atoms. The van der Waals surface area contributed by atoms with Gasteiger partial charge in [0.05, 0.1) is 39.2 Å². The molecule has 1 saturated heterocycles.